The second kappa shape index (κ2) is 7.17. The quantitative estimate of drug-likeness (QED) is 0.711. The number of para-hydroxylation sites is 1. The number of hydrogen-bond donors (Lipinski definition) is 1. The van der Waals surface area contributed by atoms with E-state index in [4.69, 9.17) is 9.15 Å². The standard InChI is InChI=1S/C23H23NO4/c1-3-23(4-2)17-7-5-6-8-18(17)24-21(28-23)20-14-13-19(27-20)15-9-11-16(12-10-15)22(25)26/h5-14,21,24H,3-4H2,1-2H3,(H,25,26)/p-1/t21-/m1/s1. The monoisotopic (exact) mass is 376 g/mol. The Balaban J connectivity index is 1.65. The highest BCUT2D eigenvalue weighted by molar-refractivity contribution is 5.86. The minimum atomic E-state index is -1.19. The molecule has 2 aromatic carbocycles. The molecule has 144 valence electrons. The molecule has 0 radical (unpaired) electrons. The van der Waals surface area contributed by atoms with Gasteiger partial charge in [0.25, 0.3) is 0 Å². The molecule has 28 heavy (non-hydrogen) atoms. The van der Waals surface area contributed by atoms with Gasteiger partial charge in [-0.15, -0.1) is 0 Å². The van der Waals surface area contributed by atoms with Gasteiger partial charge < -0.3 is 24.4 Å². The van der Waals surface area contributed by atoms with E-state index in [1.165, 1.54) is 17.7 Å². The lowest BCUT2D eigenvalue weighted by atomic mass is 9.85. The van der Waals surface area contributed by atoms with Crippen molar-refractivity contribution in [1.29, 1.82) is 0 Å². The van der Waals surface area contributed by atoms with Gasteiger partial charge in [0.15, 0.2) is 12.0 Å². The van der Waals surface area contributed by atoms with Crippen LogP contribution in [0.3, 0.4) is 0 Å². The molecule has 0 aliphatic carbocycles. The molecule has 0 fully saturated rings. The number of fused-ring (bicyclic) bond motifs is 1. The maximum Gasteiger partial charge on any atom is 0.187 e. The van der Waals surface area contributed by atoms with Crippen LogP contribution >= 0.6 is 0 Å². The summed E-state index contributed by atoms with van der Waals surface area (Å²) < 4.78 is 12.6. The second-order valence-electron chi connectivity index (χ2n) is 6.96. The first-order chi connectivity index (χ1) is 13.6. The third-order valence-corrected chi connectivity index (χ3v) is 5.48. The molecular weight excluding hydrogens is 354 g/mol. The molecule has 0 amide bonds. The summed E-state index contributed by atoms with van der Waals surface area (Å²) in [5.41, 5.74) is 2.79. The maximum absolute atomic E-state index is 10.9. The van der Waals surface area contributed by atoms with Gasteiger partial charge >= 0.3 is 0 Å². The Kier molecular flexibility index (Phi) is 4.69. The van der Waals surface area contributed by atoms with Crippen LogP contribution < -0.4 is 10.4 Å². The number of carboxylic acids is 1. The normalized spacial score (nSPS) is 17.6. The SMILES string of the molecule is CCC1(CC)O[C@H](c2ccc(-c3ccc(C(=O)[O-])cc3)o2)Nc2ccccc21. The van der Waals surface area contributed by atoms with Crippen LogP contribution in [0.2, 0.25) is 0 Å². The molecule has 5 heteroatoms. The van der Waals surface area contributed by atoms with Gasteiger partial charge in [-0.2, -0.15) is 0 Å². The lowest BCUT2D eigenvalue weighted by Gasteiger charge is -2.42. The fraction of sp³-hybridized carbons (Fsp3) is 0.261. The van der Waals surface area contributed by atoms with E-state index in [9.17, 15) is 9.90 Å². The predicted octanol–water partition coefficient (Wildman–Crippen LogP) is 4.47. The molecule has 2 heterocycles. The third kappa shape index (κ3) is 3.08. The molecular formula is C23H22NO4-. The lowest BCUT2D eigenvalue weighted by Crippen LogP contribution is -2.37. The lowest BCUT2D eigenvalue weighted by molar-refractivity contribution is -0.255. The largest absolute Gasteiger partial charge is 0.545 e. The van der Waals surface area contributed by atoms with Crippen LogP contribution in [-0.4, -0.2) is 5.97 Å². The van der Waals surface area contributed by atoms with Crippen molar-refractivity contribution in [2.75, 3.05) is 5.32 Å². The topological polar surface area (TPSA) is 74.5 Å². The zero-order valence-corrected chi connectivity index (χ0v) is 15.9. The summed E-state index contributed by atoms with van der Waals surface area (Å²) in [5.74, 6) is 0.142. The van der Waals surface area contributed by atoms with E-state index in [1.54, 1.807) is 12.1 Å². The van der Waals surface area contributed by atoms with E-state index < -0.39 is 12.2 Å². The molecule has 4 rings (SSSR count). The molecule has 0 spiro atoms. The number of rotatable bonds is 5. The van der Waals surface area contributed by atoms with Crippen LogP contribution in [-0.2, 0) is 10.3 Å². The van der Waals surface area contributed by atoms with Crippen molar-refractivity contribution in [3.8, 4) is 11.3 Å². The predicted molar refractivity (Wildman–Crippen MR) is 105 cm³/mol. The van der Waals surface area contributed by atoms with Crippen LogP contribution in [0.5, 0.6) is 0 Å². The van der Waals surface area contributed by atoms with Crippen molar-refractivity contribution in [2.24, 2.45) is 0 Å². The minimum Gasteiger partial charge on any atom is -0.545 e. The number of carbonyl (C=O) groups excluding carboxylic acids is 1. The molecule has 1 aromatic heterocycles. The number of benzene rings is 2. The fourth-order valence-electron chi connectivity index (χ4n) is 3.81. The Bertz CT molecular complexity index is 986. The minimum absolute atomic E-state index is 0.139. The third-order valence-electron chi connectivity index (χ3n) is 5.48. The van der Waals surface area contributed by atoms with Gasteiger partial charge in [0.1, 0.15) is 5.76 Å². The summed E-state index contributed by atoms with van der Waals surface area (Å²) in [4.78, 5) is 10.9. The van der Waals surface area contributed by atoms with Crippen LogP contribution in [0, 0.1) is 0 Å². The molecule has 1 N–H and O–H groups in total. The molecule has 0 saturated carbocycles. The smallest absolute Gasteiger partial charge is 0.187 e. The average Bonchev–Trinajstić information content (AvgIpc) is 3.23. The number of hydrogen-bond acceptors (Lipinski definition) is 5. The van der Waals surface area contributed by atoms with Gasteiger partial charge in [-0.25, -0.2) is 0 Å². The Labute approximate surface area is 164 Å². The number of carbonyl (C=O) groups is 1. The Morgan fingerprint density at radius 3 is 2.43 bits per heavy atom. The van der Waals surface area contributed by atoms with E-state index in [1.807, 2.05) is 24.3 Å². The Morgan fingerprint density at radius 1 is 1.04 bits per heavy atom. The van der Waals surface area contributed by atoms with Crippen molar-refractivity contribution in [3.05, 3.63) is 77.6 Å². The molecule has 5 nitrogen and oxygen atoms in total. The molecule has 0 saturated heterocycles. The summed E-state index contributed by atoms with van der Waals surface area (Å²) in [7, 11) is 0. The zero-order valence-electron chi connectivity index (χ0n) is 15.9. The number of furan rings is 1. The Hall–Kier alpha value is -3.05. The highest BCUT2D eigenvalue weighted by atomic mass is 16.5. The second-order valence-corrected chi connectivity index (χ2v) is 6.96. The highest BCUT2D eigenvalue weighted by Crippen LogP contribution is 2.46. The average molecular weight is 376 g/mol. The molecule has 0 bridgehead atoms. The molecule has 0 unspecified atom stereocenters. The van der Waals surface area contributed by atoms with Gasteiger partial charge in [-0.1, -0.05) is 56.3 Å². The number of ether oxygens (including phenoxy) is 1. The van der Waals surface area contributed by atoms with Crippen LogP contribution in [0.15, 0.2) is 65.1 Å². The number of aromatic carboxylic acids is 1. The van der Waals surface area contributed by atoms with E-state index in [0.717, 1.165) is 24.1 Å². The summed E-state index contributed by atoms with van der Waals surface area (Å²) in [6.07, 6.45) is 1.32. The van der Waals surface area contributed by atoms with Crippen molar-refractivity contribution in [2.45, 2.75) is 38.5 Å². The maximum atomic E-state index is 10.9. The number of nitrogens with one attached hydrogen (secondary N) is 1. The van der Waals surface area contributed by atoms with Crippen molar-refractivity contribution < 1.29 is 19.1 Å². The van der Waals surface area contributed by atoms with Crippen molar-refractivity contribution >= 4 is 11.7 Å². The first-order valence-electron chi connectivity index (χ1n) is 9.51. The van der Waals surface area contributed by atoms with E-state index in [-0.39, 0.29) is 11.2 Å². The van der Waals surface area contributed by atoms with Crippen LogP contribution in [0.1, 0.15) is 54.6 Å². The van der Waals surface area contributed by atoms with Crippen molar-refractivity contribution in [3.63, 3.8) is 0 Å². The van der Waals surface area contributed by atoms with Gasteiger partial charge in [-0.05, 0) is 36.6 Å². The van der Waals surface area contributed by atoms with E-state index in [0.29, 0.717) is 11.5 Å². The summed E-state index contributed by atoms with van der Waals surface area (Å²) in [5, 5.41) is 14.3. The number of carboxylic acid groups (broad SMARTS) is 1. The molecule has 1 aliphatic rings. The molecule has 3 aromatic rings. The van der Waals surface area contributed by atoms with Crippen molar-refractivity contribution in [1.82, 2.24) is 0 Å². The summed E-state index contributed by atoms with van der Waals surface area (Å²) in [6, 6.07) is 18.4. The van der Waals surface area contributed by atoms with Gasteiger partial charge in [0.2, 0.25) is 0 Å². The summed E-state index contributed by atoms with van der Waals surface area (Å²) in [6.45, 7) is 4.27. The van der Waals surface area contributed by atoms with Gasteiger partial charge in [0, 0.05) is 16.8 Å². The Morgan fingerprint density at radius 2 is 1.75 bits per heavy atom. The van der Waals surface area contributed by atoms with Crippen LogP contribution in [0.4, 0.5) is 5.69 Å². The highest BCUT2D eigenvalue weighted by Gasteiger charge is 2.40. The number of anilines is 1. The first kappa shape index (κ1) is 18.3. The molecule has 1 aliphatic heterocycles. The zero-order chi connectivity index (χ0) is 19.7. The van der Waals surface area contributed by atoms with E-state index >= 15 is 0 Å². The van der Waals surface area contributed by atoms with Crippen LogP contribution in [0.25, 0.3) is 11.3 Å². The molecule has 1 atom stereocenters. The van der Waals surface area contributed by atoms with Gasteiger partial charge in [0.05, 0.1) is 11.6 Å². The van der Waals surface area contributed by atoms with E-state index in [2.05, 4.69) is 31.3 Å². The summed E-state index contributed by atoms with van der Waals surface area (Å²) >= 11 is 0. The fourth-order valence-corrected chi connectivity index (χ4v) is 3.81. The van der Waals surface area contributed by atoms with Gasteiger partial charge in [-0.3, -0.25) is 0 Å². The first-order valence-corrected chi connectivity index (χ1v) is 9.51.